The molecule has 0 fully saturated rings. The molecule has 92 valence electrons. The minimum Gasteiger partial charge on any atom is -0.465 e. The molecule has 0 unspecified atom stereocenters. The van der Waals surface area contributed by atoms with Gasteiger partial charge in [0.25, 0.3) is 0 Å². The molecule has 0 bridgehead atoms. The Balaban J connectivity index is 2.82. The number of amides is 1. The highest BCUT2D eigenvalue weighted by atomic mass is 35.5. The number of carbonyl (C=O) groups is 2. The minimum absolute atomic E-state index is 0.200. The number of nitrogens with two attached hydrogens (primary N) is 1. The third-order valence-electron chi connectivity index (χ3n) is 2.03. The van der Waals surface area contributed by atoms with Crippen LogP contribution in [0.25, 0.3) is 0 Å². The van der Waals surface area contributed by atoms with Gasteiger partial charge in [-0.2, -0.15) is 0 Å². The van der Waals surface area contributed by atoms with E-state index in [1.54, 1.807) is 6.07 Å². The van der Waals surface area contributed by atoms with Crippen LogP contribution in [0.1, 0.15) is 16.8 Å². The fraction of sp³-hybridized carbons (Fsp3) is 0.273. The van der Waals surface area contributed by atoms with Gasteiger partial charge in [0.05, 0.1) is 17.7 Å². The van der Waals surface area contributed by atoms with E-state index in [0.717, 1.165) is 0 Å². The third-order valence-corrected chi connectivity index (χ3v) is 2.34. The second kappa shape index (κ2) is 6.22. The van der Waals surface area contributed by atoms with E-state index in [0.29, 0.717) is 5.69 Å². The van der Waals surface area contributed by atoms with Crippen LogP contribution in [0, 0.1) is 0 Å². The van der Waals surface area contributed by atoms with Crippen LogP contribution in [-0.4, -0.2) is 25.5 Å². The SMILES string of the molecule is COC(=O)c1ccc(NC(=O)CCN)cc1Cl. The van der Waals surface area contributed by atoms with Gasteiger partial charge in [0.1, 0.15) is 0 Å². The van der Waals surface area contributed by atoms with E-state index >= 15 is 0 Å². The van der Waals surface area contributed by atoms with Crippen LogP contribution in [-0.2, 0) is 9.53 Å². The van der Waals surface area contributed by atoms with Gasteiger partial charge in [-0.1, -0.05) is 11.6 Å². The second-order valence-electron chi connectivity index (χ2n) is 3.27. The Hall–Kier alpha value is -1.59. The Labute approximate surface area is 104 Å². The summed E-state index contributed by atoms with van der Waals surface area (Å²) in [6.45, 7) is 0.278. The lowest BCUT2D eigenvalue weighted by Crippen LogP contribution is -2.16. The predicted octanol–water partition coefficient (Wildman–Crippen LogP) is 1.41. The maximum absolute atomic E-state index is 11.3. The van der Waals surface area contributed by atoms with Gasteiger partial charge in [0, 0.05) is 18.7 Å². The number of ether oxygens (including phenoxy) is 1. The van der Waals surface area contributed by atoms with Crippen LogP contribution in [0.5, 0.6) is 0 Å². The van der Waals surface area contributed by atoms with Gasteiger partial charge < -0.3 is 15.8 Å². The van der Waals surface area contributed by atoms with Gasteiger partial charge in [-0.15, -0.1) is 0 Å². The monoisotopic (exact) mass is 256 g/mol. The molecule has 3 N–H and O–H groups in total. The Morgan fingerprint density at radius 3 is 2.71 bits per heavy atom. The molecular formula is C11H13ClN2O3. The summed E-state index contributed by atoms with van der Waals surface area (Å²) >= 11 is 5.89. The number of hydrogen-bond donors (Lipinski definition) is 2. The molecule has 0 saturated carbocycles. The fourth-order valence-corrected chi connectivity index (χ4v) is 1.48. The first-order valence-corrected chi connectivity index (χ1v) is 5.34. The van der Waals surface area contributed by atoms with E-state index in [9.17, 15) is 9.59 Å². The lowest BCUT2D eigenvalue weighted by Gasteiger charge is -2.07. The molecule has 0 aliphatic heterocycles. The molecule has 17 heavy (non-hydrogen) atoms. The van der Waals surface area contributed by atoms with Crippen molar-refractivity contribution in [3.63, 3.8) is 0 Å². The van der Waals surface area contributed by atoms with E-state index in [1.807, 2.05) is 0 Å². The molecule has 5 nitrogen and oxygen atoms in total. The number of rotatable bonds is 4. The van der Waals surface area contributed by atoms with Crippen LogP contribution in [0.15, 0.2) is 18.2 Å². The summed E-state index contributed by atoms with van der Waals surface area (Å²) in [6, 6.07) is 4.56. The van der Waals surface area contributed by atoms with Crippen molar-refractivity contribution >= 4 is 29.2 Å². The summed E-state index contributed by atoms with van der Waals surface area (Å²) in [6.07, 6.45) is 0.233. The molecule has 0 spiro atoms. The van der Waals surface area contributed by atoms with E-state index in [2.05, 4.69) is 10.1 Å². The predicted molar refractivity (Wildman–Crippen MR) is 65.1 cm³/mol. The van der Waals surface area contributed by atoms with Crippen LogP contribution in [0.3, 0.4) is 0 Å². The second-order valence-corrected chi connectivity index (χ2v) is 3.68. The fourth-order valence-electron chi connectivity index (χ4n) is 1.22. The van der Waals surface area contributed by atoms with Gasteiger partial charge >= 0.3 is 5.97 Å². The average Bonchev–Trinajstić information content (AvgIpc) is 2.28. The largest absolute Gasteiger partial charge is 0.465 e. The van der Waals surface area contributed by atoms with Crippen LogP contribution in [0.4, 0.5) is 5.69 Å². The highest BCUT2D eigenvalue weighted by molar-refractivity contribution is 6.33. The topological polar surface area (TPSA) is 81.4 Å². The number of halogens is 1. The molecule has 1 amide bonds. The van der Waals surface area contributed by atoms with Crippen molar-refractivity contribution in [3.8, 4) is 0 Å². The molecule has 0 atom stereocenters. The highest BCUT2D eigenvalue weighted by Gasteiger charge is 2.11. The van der Waals surface area contributed by atoms with E-state index < -0.39 is 5.97 Å². The van der Waals surface area contributed by atoms with Crippen molar-refractivity contribution in [1.29, 1.82) is 0 Å². The zero-order chi connectivity index (χ0) is 12.8. The van der Waals surface area contributed by atoms with Crippen molar-refractivity contribution in [2.75, 3.05) is 19.0 Å². The van der Waals surface area contributed by atoms with E-state index in [-0.39, 0.29) is 29.5 Å². The van der Waals surface area contributed by atoms with Gasteiger partial charge in [-0.25, -0.2) is 4.79 Å². The zero-order valence-electron chi connectivity index (χ0n) is 9.33. The van der Waals surface area contributed by atoms with Crippen molar-refractivity contribution < 1.29 is 14.3 Å². The lowest BCUT2D eigenvalue weighted by atomic mass is 10.2. The van der Waals surface area contributed by atoms with Gasteiger partial charge in [-0.05, 0) is 18.2 Å². The Bertz CT molecular complexity index is 435. The smallest absolute Gasteiger partial charge is 0.339 e. The normalized spacial score (nSPS) is 9.82. The third kappa shape index (κ3) is 3.72. The number of methoxy groups -OCH3 is 1. The Kier molecular flexibility index (Phi) is 4.93. The number of esters is 1. The van der Waals surface area contributed by atoms with Gasteiger partial charge in [-0.3, -0.25) is 4.79 Å². The number of hydrogen-bond acceptors (Lipinski definition) is 4. The van der Waals surface area contributed by atoms with Gasteiger partial charge in [0.2, 0.25) is 5.91 Å². The maximum Gasteiger partial charge on any atom is 0.339 e. The summed E-state index contributed by atoms with van der Waals surface area (Å²) in [5, 5.41) is 2.84. The molecule has 1 rings (SSSR count). The lowest BCUT2D eigenvalue weighted by molar-refractivity contribution is -0.116. The molecule has 0 saturated heterocycles. The first-order chi connectivity index (χ1) is 8.08. The molecular weight excluding hydrogens is 244 g/mol. The summed E-state index contributed by atoms with van der Waals surface area (Å²) in [5.41, 5.74) is 6.02. The number of benzene rings is 1. The molecule has 1 aromatic carbocycles. The number of carbonyl (C=O) groups excluding carboxylic acids is 2. The van der Waals surface area contributed by atoms with E-state index in [4.69, 9.17) is 17.3 Å². The molecule has 1 aromatic rings. The average molecular weight is 257 g/mol. The summed E-state index contributed by atoms with van der Waals surface area (Å²) in [4.78, 5) is 22.5. The summed E-state index contributed by atoms with van der Waals surface area (Å²) in [7, 11) is 1.27. The van der Waals surface area contributed by atoms with Gasteiger partial charge in [0.15, 0.2) is 0 Å². The highest BCUT2D eigenvalue weighted by Crippen LogP contribution is 2.21. The number of nitrogens with one attached hydrogen (secondary N) is 1. The molecule has 6 heteroatoms. The maximum atomic E-state index is 11.3. The van der Waals surface area contributed by atoms with Crippen LogP contribution < -0.4 is 11.1 Å². The zero-order valence-corrected chi connectivity index (χ0v) is 10.1. The van der Waals surface area contributed by atoms with Crippen molar-refractivity contribution in [1.82, 2.24) is 0 Å². The molecule has 0 aliphatic rings. The standard InChI is InChI=1S/C11H13ClN2O3/c1-17-11(16)8-3-2-7(6-9(8)12)14-10(15)4-5-13/h2-3,6H,4-5,13H2,1H3,(H,14,15). The molecule has 0 radical (unpaired) electrons. The minimum atomic E-state index is -0.519. The van der Waals surface area contributed by atoms with E-state index in [1.165, 1.54) is 19.2 Å². The van der Waals surface area contributed by atoms with Crippen molar-refractivity contribution in [2.45, 2.75) is 6.42 Å². The Morgan fingerprint density at radius 1 is 1.47 bits per heavy atom. The Morgan fingerprint density at radius 2 is 2.18 bits per heavy atom. The van der Waals surface area contributed by atoms with Crippen LogP contribution >= 0.6 is 11.6 Å². The van der Waals surface area contributed by atoms with Crippen LogP contribution in [0.2, 0.25) is 5.02 Å². The van der Waals surface area contributed by atoms with Crippen molar-refractivity contribution in [2.24, 2.45) is 5.73 Å². The first-order valence-electron chi connectivity index (χ1n) is 4.96. The summed E-state index contributed by atoms with van der Waals surface area (Å²) < 4.78 is 4.55. The number of anilines is 1. The molecule has 0 aromatic heterocycles. The molecule has 0 aliphatic carbocycles. The quantitative estimate of drug-likeness (QED) is 0.798. The van der Waals surface area contributed by atoms with Crippen molar-refractivity contribution in [3.05, 3.63) is 28.8 Å². The summed E-state index contributed by atoms with van der Waals surface area (Å²) in [5.74, 6) is -0.718. The molecule has 0 heterocycles. The first kappa shape index (κ1) is 13.5.